The number of nitro benzene ring substituents is 1. The van der Waals surface area contributed by atoms with Crippen LogP contribution in [-0.4, -0.2) is 24.4 Å². The zero-order valence-electron chi connectivity index (χ0n) is 12.4. The topological polar surface area (TPSA) is 86.7 Å². The number of rotatable bonds is 3. The monoisotopic (exact) mass is 317 g/mol. The van der Waals surface area contributed by atoms with E-state index in [1.807, 2.05) is 34.9 Å². The van der Waals surface area contributed by atoms with Gasteiger partial charge in [-0.1, -0.05) is 30.3 Å². The summed E-state index contributed by atoms with van der Waals surface area (Å²) in [4.78, 5) is 23.8. The predicted molar refractivity (Wildman–Crippen MR) is 88.8 cm³/mol. The number of aromatic nitrogens is 4. The van der Waals surface area contributed by atoms with Crippen LogP contribution in [0.5, 0.6) is 0 Å². The lowest BCUT2D eigenvalue weighted by molar-refractivity contribution is -0.384. The first kappa shape index (κ1) is 14.0. The first-order valence-corrected chi connectivity index (χ1v) is 7.23. The SMILES string of the molecule is O=[N+]([O-])c1ccccc1-c1ncnc2c1ncn2-c1ccccc1. The number of para-hydroxylation sites is 2. The molecular weight excluding hydrogens is 306 g/mol. The Bertz CT molecular complexity index is 1040. The third-order valence-corrected chi connectivity index (χ3v) is 3.72. The number of fused-ring (bicyclic) bond motifs is 1. The quantitative estimate of drug-likeness (QED) is 0.427. The molecule has 0 fully saturated rings. The van der Waals surface area contributed by atoms with Crippen molar-refractivity contribution in [2.24, 2.45) is 0 Å². The molecule has 0 bridgehead atoms. The highest BCUT2D eigenvalue weighted by molar-refractivity contribution is 5.90. The molecule has 116 valence electrons. The molecule has 4 rings (SSSR count). The zero-order chi connectivity index (χ0) is 16.5. The van der Waals surface area contributed by atoms with Gasteiger partial charge in [-0.2, -0.15) is 0 Å². The molecule has 0 aliphatic rings. The minimum Gasteiger partial charge on any atom is -0.283 e. The fourth-order valence-corrected chi connectivity index (χ4v) is 2.64. The van der Waals surface area contributed by atoms with Crippen molar-refractivity contribution in [2.75, 3.05) is 0 Å². The number of nitro groups is 1. The van der Waals surface area contributed by atoms with Gasteiger partial charge in [-0.05, 0) is 18.2 Å². The molecule has 7 nitrogen and oxygen atoms in total. The van der Waals surface area contributed by atoms with Crippen LogP contribution in [0.2, 0.25) is 0 Å². The van der Waals surface area contributed by atoms with Crippen LogP contribution >= 0.6 is 0 Å². The molecule has 2 aromatic carbocycles. The predicted octanol–water partition coefficient (Wildman–Crippen LogP) is 3.39. The van der Waals surface area contributed by atoms with Crippen LogP contribution in [0.3, 0.4) is 0 Å². The Labute approximate surface area is 136 Å². The minimum absolute atomic E-state index is 0.00763. The van der Waals surface area contributed by atoms with Crippen LogP contribution in [0.1, 0.15) is 0 Å². The standard InChI is InChI=1S/C17H11N5O2/c23-22(24)14-9-5-4-8-13(14)15-16-17(19-10-18-15)21(11-20-16)12-6-2-1-3-7-12/h1-11H. The van der Waals surface area contributed by atoms with E-state index in [0.29, 0.717) is 22.4 Å². The summed E-state index contributed by atoms with van der Waals surface area (Å²) in [6.07, 6.45) is 3.04. The molecule has 0 radical (unpaired) electrons. The minimum atomic E-state index is -0.419. The molecule has 0 unspecified atom stereocenters. The van der Waals surface area contributed by atoms with E-state index < -0.39 is 4.92 Å². The number of nitrogens with zero attached hydrogens (tertiary/aromatic N) is 5. The van der Waals surface area contributed by atoms with E-state index in [1.165, 1.54) is 12.4 Å². The van der Waals surface area contributed by atoms with Gasteiger partial charge in [-0.3, -0.25) is 14.7 Å². The summed E-state index contributed by atoms with van der Waals surface area (Å²) in [6, 6.07) is 16.1. The van der Waals surface area contributed by atoms with Crippen molar-refractivity contribution in [1.29, 1.82) is 0 Å². The molecular formula is C17H11N5O2. The summed E-state index contributed by atoms with van der Waals surface area (Å²) in [7, 11) is 0. The summed E-state index contributed by atoms with van der Waals surface area (Å²) in [5.74, 6) is 0. The van der Waals surface area contributed by atoms with Crippen molar-refractivity contribution in [3.63, 3.8) is 0 Å². The van der Waals surface area contributed by atoms with Gasteiger partial charge in [0.15, 0.2) is 5.65 Å². The lowest BCUT2D eigenvalue weighted by Crippen LogP contribution is -1.97. The first-order chi connectivity index (χ1) is 11.8. The second-order valence-corrected chi connectivity index (χ2v) is 5.12. The number of imidazole rings is 1. The van der Waals surface area contributed by atoms with Crippen molar-refractivity contribution < 1.29 is 4.92 Å². The highest BCUT2D eigenvalue weighted by Gasteiger charge is 2.20. The Hall–Kier alpha value is -3.61. The molecule has 7 heteroatoms. The largest absolute Gasteiger partial charge is 0.283 e. The average molecular weight is 317 g/mol. The van der Waals surface area contributed by atoms with Gasteiger partial charge < -0.3 is 0 Å². The van der Waals surface area contributed by atoms with E-state index in [9.17, 15) is 10.1 Å². The van der Waals surface area contributed by atoms with E-state index in [2.05, 4.69) is 15.0 Å². The third kappa shape index (κ3) is 2.19. The Morgan fingerprint density at radius 1 is 0.917 bits per heavy atom. The van der Waals surface area contributed by atoms with Crippen molar-refractivity contribution in [2.45, 2.75) is 0 Å². The maximum atomic E-state index is 11.3. The Morgan fingerprint density at radius 2 is 1.67 bits per heavy atom. The van der Waals surface area contributed by atoms with Gasteiger partial charge in [0, 0.05) is 11.8 Å². The smallest absolute Gasteiger partial charge is 0.278 e. The van der Waals surface area contributed by atoms with Gasteiger partial charge in [-0.15, -0.1) is 0 Å². The second kappa shape index (κ2) is 5.54. The van der Waals surface area contributed by atoms with E-state index in [4.69, 9.17) is 0 Å². The van der Waals surface area contributed by atoms with Gasteiger partial charge in [0.05, 0.1) is 10.5 Å². The molecule has 0 amide bonds. The summed E-state index contributed by atoms with van der Waals surface area (Å²) in [5.41, 5.74) is 2.90. The van der Waals surface area contributed by atoms with E-state index in [0.717, 1.165) is 5.69 Å². The molecule has 24 heavy (non-hydrogen) atoms. The maximum absolute atomic E-state index is 11.3. The molecule has 0 aliphatic carbocycles. The number of hydrogen-bond donors (Lipinski definition) is 0. The van der Waals surface area contributed by atoms with Gasteiger partial charge >= 0.3 is 0 Å². The molecule has 0 N–H and O–H groups in total. The first-order valence-electron chi connectivity index (χ1n) is 7.23. The lowest BCUT2D eigenvalue weighted by atomic mass is 10.1. The Morgan fingerprint density at radius 3 is 2.46 bits per heavy atom. The Balaban J connectivity index is 1.97. The molecule has 0 aliphatic heterocycles. The molecule has 0 atom stereocenters. The highest BCUT2D eigenvalue weighted by Crippen LogP contribution is 2.32. The third-order valence-electron chi connectivity index (χ3n) is 3.72. The number of hydrogen-bond acceptors (Lipinski definition) is 5. The normalized spacial score (nSPS) is 10.8. The highest BCUT2D eigenvalue weighted by atomic mass is 16.6. The summed E-state index contributed by atoms with van der Waals surface area (Å²) < 4.78 is 1.83. The molecule has 2 heterocycles. The second-order valence-electron chi connectivity index (χ2n) is 5.12. The molecule has 0 saturated carbocycles. The maximum Gasteiger partial charge on any atom is 0.278 e. The van der Waals surface area contributed by atoms with Crippen molar-refractivity contribution in [3.8, 4) is 16.9 Å². The zero-order valence-corrected chi connectivity index (χ0v) is 12.4. The van der Waals surface area contributed by atoms with Crippen LogP contribution in [0.15, 0.2) is 67.3 Å². The van der Waals surface area contributed by atoms with Gasteiger partial charge in [0.1, 0.15) is 23.9 Å². The summed E-state index contributed by atoms with van der Waals surface area (Å²) in [6.45, 7) is 0. The molecule has 4 aromatic rings. The molecule has 2 aromatic heterocycles. The molecule has 0 saturated heterocycles. The van der Waals surface area contributed by atoms with Crippen molar-refractivity contribution in [1.82, 2.24) is 19.5 Å². The summed E-state index contributed by atoms with van der Waals surface area (Å²) >= 11 is 0. The van der Waals surface area contributed by atoms with Gasteiger partial charge in [0.25, 0.3) is 5.69 Å². The fourth-order valence-electron chi connectivity index (χ4n) is 2.64. The lowest BCUT2D eigenvalue weighted by Gasteiger charge is -2.05. The van der Waals surface area contributed by atoms with Gasteiger partial charge in [0.2, 0.25) is 0 Å². The fraction of sp³-hybridized carbons (Fsp3) is 0. The van der Waals surface area contributed by atoms with Crippen LogP contribution in [0.4, 0.5) is 5.69 Å². The van der Waals surface area contributed by atoms with Crippen LogP contribution < -0.4 is 0 Å². The van der Waals surface area contributed by atoms with E-state index in [-0.39, 0.29) is 5.69 Å². The van der Waals surface area contributed by atoms with E-state index >= 15 is 0 Å². The molecule has 0 spiro atoms. The number of benzene rings is 2. The summed E-state index contributed by atoms with van der Waals surface area (Å²) in [5, 5.41) is 11.3. The van der Waals surface area contributed by atoms with Gasteiger partial charge in [-0.25, -0.2) is 15.0 Å². The average Bonchev–Trinajstić information content (AvgIpc) is 3.06. The van der Waals surface area contributed by atoms with Crippen LogP contribution in [0, 0.1) is 10.1 Å². The van der Waals surface area contributed by atoms with E-state index in [1.54, 1.807) is 24.5 Å². The van der Waals surface area contributed by atoms with Crippen LogP contribution in [0.25, 0.3) is 28.1 Å². The van der Waals surface area contributed by atoms with Crippen molar-refractivity contribution in [3.05, 3.63) is 77.4 Å². The Kier molecular flexibility index (Phi) is 3.24. The van der Waals surface area contributed by atoms with Crippen molar-refractivity contribution >= 4 is 16.9 Å². The van der Waals surface area contributed by atoms with Crippen LogP contribution in [-0.2, 0) is 0 Å².